The van der Waals surface area contributed by atoms with Gasteiger partial charge in [0.05, 0.1) is 10.6 Å². The van der Waals surface area contributed by atoms with Crippen LogP contribution in [0.1, 0.15) is 18.4 Å². The quantitative estimate of drug-likeness (QED) is 0.746. The molecule has 2 aliphatic rings. The Morgan fingerprint density at radius 1 is 1.30 bits per heavy atom. The van der Waals surface area contributed by atoms with Gasteiger partial charge in [-0.3, -0.25) is 9.59 Å². The van der Waals surface area contributed by atoms with Gasteiger partial charge in [-0.25, -0.2) is 8.42 Å². The van der Waals surface area contributed by atoms with E-state index in [2.05, 4.69) is 10.6 Å². The molecule has 2 aromatic rings. The summed E-state index contributed by atoms with van der Waals surface area (Å²) >= 11 is 5.96. The first-order valence-corrected chi connectivity index (χ1v) is 11.2. The van der Waals surface area contributed by atoms with Crippen LogP contribution in [0, 0.1) is 6.92 Å². The highest BCUT2D eigenvalue weighted by atomic mass is 35.5. The molecule has 1 atom stereocenters. The Labute approximate surface area is 179 Å². The van der Waals surface area contributed by atoms with Crippen molar-refractivity contribution >= 4 is 44.8 Å². The number of rotatable bonds is 4. The van der Waals surface area contributed by atoms with Gasteiger partial charge in [0.2, 0.25) is 15.9 Å². The van der Waals surface area contributed by atoms with Crippen molar-refractivity contribution in [2.75, 3.05) is 23.8 Å². The number of aryl methyl sites for hydroxylation is 1. The highest BCUT2D eigenvalue weighted by Gasteiger charge is 2.40. The monoisotopic (exact) mass is 449 g/mol. The first-order valence-electron chi connectivity index (χ1n) is 9.41. The molecular formula is C20H20ClN3O5S. The SMILES string of the molecule is Cc1cc2c(cc1S(=O)(=O)N1CCCC1C(=O)Nc1cccc(Cl)c1)OCC(=O)N2. The Bertz CT molecular complexity index is 1140. The van der Waals surface area contributed by atoms with Gasteiger partial charge < -0.3 is 15.4 Å². The van der Waals surface area contributed by atoms with Gasteiger partial charge >= 0.3 is 0 Å². The van der Waals surface area contributed by atoms with E-state index in [9.17, 15) is 18.0 Å². The number of nitrogens with zero attached hydrogens (tertiary/aromatic N) is 1. The predicted octanol–water partition coefficient (Wildman–Crippen LogP) is 2.77. The molecule has 2 amide bonds. The fourth-order valence-corrected chi connectivity index (χ4v) is 5.77. The lowest BCUT2D eigenvalue weighted by molar-refractivity contribution is -0.119. The number of amides is 2. The lowest BCUT2D eigenvalue weighted by Gasteiger charge is -2.26. The molecular weight excluding hydrogens is 430 g/mol. The van der Waals surface area contributed by atoms with E-state index in [1.54, 1.807) is 37.3 Å². The van der Waals surface area contributed by atoms with Crippen molar-refractivity contribution in [2.45, 2.75) is 30.7 Å². The third-order valence-electron chi connectivity index (χ3n) is 5.10. The van der Waals surface area contributed by atoms with Crippen LogP contribution in [0.2, 0.25) is 5.02 Å². The summed E-state index contributed by atoms with van der Waals surface area (Å²) in [4.78, 5) is 24.4. The molecule has 0 saturated carbocycles. The lowest BCUT2D eigenvalue weighted by Crippen LogP contribution is -2.43. The molecule has 2 aromatic carbocycles. The molecule has 0 radical (unpaired) electrons. The summed E-state index contributed by atoms with van der Waals surface area (Å²) in [5, 5.41) is 5.88. The molecule has 0 aliphatic carbocycles. The zero-order valence-electron chi connectivity index (χ0n) is 16.1. The maximum atomic E-state index is 13.4. The number of anilines is 2. The Balaban J connectivity index is 1.62. The van der Waals surface area contributed by atoms with Crippen LogP contribution >= 0.6 is 11.6 Å². The van der Waals surface area contributed by atoms with E-state index in [1.807, 2.05) is 0 Å². The minimum Gasteiger partial charge on any atom is -0.482 e. The Kier molecular flexibility index (Phi) is 5.44. The minimum atomic E-state index is -3.96. The molecule has 2 heterocycles. The van der Waals surface area contributed by atoms with Crippen LogP contribution in [0.25, 0.3) is 0 Å². The smallest absolute Gasteiger partial charge is 0.262 e. The Morgan fingerprint density at radius 3 is 2.87 bits per heavy atom. The second kappa shape index (κ2) is 7.90. The van der Waals surface area contributed by atoms with E-state index in [4.69, 9.17) is 16.3 Å². The second-order valence-corrected chi connectivity index (χ2v) is 9.52. The van der Waals surface area contributed by atoms with Crippen LogP contribution in [0.3, 0.4) is 0 Å². The molecule has 10 heteroatoms. The molecule has 0 bridgehead atoms. The fourth-order valence-electron chi connectivity index (χ4n) is 3.70. The van der Waals surface area contributed by atoms with Crippen molar-refractivity contribution in [3.63, 3.8) is 0 Å². The second-order valence-electron chi connectivity index (χ2n) is 7.22. The number of carbonyl (C=O) groups is 2. The van der Waals surface area contributed by atoms with Crippen LogP contribution < -0.4 is 15.4 Å². The van der Waals surface area contributed by atoms with Crippen molar-refractivity contribution < 1.29 is 22.7 Å². The molecule has 2 N–H and O–H groups in total. The van der Waals surface area contributed by atoms with Crippen molar-refractivity contribution in [3.8, 4) is 5.75 Å². The first kappa shape index (κ1) is 20.6. The number of hydrogen-bond donors (Lipinski definition) is 2. The number of hydrogen-bond acceptors (Lipinski definition) is 5. The summed E-state index contributed by atoms with van der Waals surface area (Å²) in [6, 6.07) is 8.83. The summed E-state index contributed by atoms with van der Waals surface area (Å²) in [5.74, 6) is -0.412. The van der Waals surface area contributed by atoms with E-state index in [1.165, 1.54) is 10.4 Å². The van der Waals surface area contributed by atoms with Gasteiger partial charge in [0, 0.05) is 23.3 Å². The van der Waals surface area contributed by atoms with Gasteiger partial charge in [0.1, 0.15) is 11.8 Å². The summed E-state index contributed by atoms with van der Waals surface area (Å²) in [6.45, 7) is 1.71. The lowest BCUT2D eigenvalue weighted by atomic mass is 10.2. The summed E-state index contributed by atoms with van der Waals surface area (Å²) in [7, 11) is -3.96. The van der Waals surface area contributed by atoms with E-state index < -0.39 is 22.0 Å². The summed E-state index contributed by atoms with van der Waals surface area (Å²) in [6.07, 6.45) is 0.992. The number of carbonyl (C=O) groups excluding carboxylic acids is 2. The number of sulfonamides is 1. The molecule has 1 saturated heterocycles. The number of fused-ring (bicyclic) bond motifs is 1. The van der Waals surface area contributed by atoms with Crippen molar-refractivity contribution in [1.82, 2.24) is 4.31 Å². The zero-order valence-corrected chi connectivity index (χ0v) is 17.7. The molecule has 158 valence electrons. The predicted molar refractivity (Wildman–Crippen MR) is 112 cm³/mol. The molecule has 0 aromatic heterocycles. The van der Waals surface area contributed by atoms with Gasteiger partial charge in [0.25, 0.3) is 5.91 Å². The van der Waals surface area contributed by atoms with E-state index in [0.717, 1.165) is 0 Å². The standard InChI is InChI=1S/C20H20ClN3O5S/c1-12-8-15-17(29-11-19(25)23-15)10-18(12)30(27,28)24-7-3-6-16(24)20(26)22-14-5-2-4-13(21)9-14/h2,4-5,8-10,16H,3,6-7,11H2,1H3,(H,22,26)(H,23,25). The van der Waals surface area contributed by atoms with Crippen LogP contribution in [0.15, 0.2) is 41.3 Å². The Morgan fingerprint density at radius 2 is 2.10 bits per heavy atom. The molecule has 2 aliphatic heterocycles. The zero-order chi connectivity index (χ0) is 21.5. The molecule has 30 heavy (non-hydrogen) atoms. The van der Waals surface area contributed by atoms with Crippen LogP contribution in [-0.2, 0) is 19.6 Å². The largest absolute Gasteiger partial charge is 0.482 e. The van der Waals surface area contributed by atoms with Crippen molar-refractivity contribution in [3.05, 3.63) is 47.0 Å². The average molecular weight is 450 g/mol. The summed E-state index contributed by atoms with van der Waals surface area (Å²) in [5.41, 5.74) is 1.39. The normalized spacial score (nSPS) is 19.0. The van der Waals surface area contributed by atoms with Gasteiger partial charge in [-0.05, 0) is 49.6 Å². The molecule has 1 unspecified atom stereocenters. The molecule has 0 spiro atoms. The maximum Gasteiger partial charge on any atom is 0.262 e. The van der Waals surface area contributed by atoms with Gasteiger partial charge in [-0.2, -0.15) is 4.31 Å². The third kappa shape index (κ3) is 3.88. The van der Waals surface area contributed by atoms with E-state index in [-0.39, 0.29) is 29.7 Å². The van der Waals surface area contributed by atoms with Gasteiger partial charge in [-0.1, -0.05) is 17.7 Å². The summed E-state index contributed by atoms with van der Waals surface area (Å²) < 4.78 is 33.4. The Hall–Kier alpha value is -2.62. The van der Waals surface area contributed by atoms with Crippen LogP contribution in [-0.4, -0.2) is 43.7 Å². The molecule has 4 rings (SSSR count). The number of nitrogens with one attached hydrogen (secondary N) is 2. The third-order valence-corrected chi connectivity index (χ3v) is 7.38. The minimum absolute atomic E-state index is 0.0554. The van der Waals surface area contributed by atoms with Crippen LogP contribution in [0.5, 0.6) is 5.75 Å². The van der Waals surface area contributed by atoms with E-state index >= 15 is 0 Å². The molecule has 1 fully saturated rings. The van der Waals surface area contributed by atoms with Gasteiger partial charge in [-0.15, -0.1) is 0 Å². The van der Waals surface area contributed by atoms with E-state index in [0.29, 0.717) is 34.8 Å². The maximum absolute atomic E-state index is 13.4. The molecule has 8 nitrogen and oxygen atoms in total. The number of halogens is 1. The van der Waals surface area contributed by atoms with Gasteiger partial charge in [0.15, 0.2) is 6.61 Å². The van der Waals surface area contributed by atoms with Crippen LogP contribution in [0.4, 0.5) is 11.4 Å². The highest BCUT2D eigenvalue weighted by Crippen LogP contribution is 2.36. The first-order chi connectivity index (χ1) is 14.3. The van der Waals surface area contributed by atoms with Crippen molar-refractivity contribution in [1.29, 1.82) is 0 Å². The fraction of sp³-hybridized carbons (Fsp3) is 0.300. The average Bonchev–Trinajstić information content (AvgIpc) is 3.18. The topological polar surface area (TPSA) is 105 Å². The number of benzene rings is 2. The highest BCUT2D eigenvalue weighted by molar-refractivity contribution is 7.89. The number of ether oxygens (including phenoxy) is 1. The van der Waals surface area contributed by atoms with Crippen molar-refractivity contribution in [2.24, 2.45) is 0 Å².